The van der Waals surface area contributed by atoms with E-state index in [4.69, 9.17) is 24.4 Å². The van der Waals surface area contributed by atoms with Crippen molar-refractivity contribution < 1.29 is 55.1 Å². The van der Waals surface area contributed by atoms with Crippen molar-refractivity contribution in [3.05, 3.63) is 0 Å². The van der Waals surface area contributed by atoms with Crippen LogP contribution in [0.25, 0.3) is 0 Å². The van der Waals surface area contributed by atoms with Crippen molar-refractivity contribution in [2.75, 3.05) is 13.2 Å². The van der Waals surface area contributed by atoms with Gasteiger partial charge in [-0.1, -0.05) is 0 Å². The first-order valence-corrected chi connectivity index (χ1v) is 7.08. The van der Waals surface area contributed by atoms with Crippen LogP contribution in [0.1, 0.15) is 0 Å². The molecular formula is C12H22O11. The van der Waals surface area contributed by atoms with Crippen molar-refractivity contribution in [1.82, 2.24) is 0 Å². The van der Waals surface area contributed by atoms with Crippen LogP contribution in [0.4, 0.5) is 0 Å². The average Bonchev–Trinajstić information content (AvgIpc) is 2.54. The maximum Gasteiger partial charge on any atom is 0.187 e. The lowest BCUT2D eigenvalue weighted by molar-refractivity contribution is -0.355. The first-order chi connectivity index (χ1) is 10.8. The van der Waals surface area contributed by atoms with Gasteiger partial charge in [-0.3, -0.25) is 0 Å². The van der Waals surface area contributed by atoms with Crippen LogP contribution in [0, 0.1) is 0 Å². The molecule has 11 nitrogen and oxygen atoms in total. The van der Waals surface area contributed by atoms with Crippen LogP contribution in [-0.4, -0.2) is 115 Å². The lowest BCUT2D eigenvalue weighted by atomic mass is 9.97. The molecule has 0 amide bonds. The zero-order chi connectivity index (χ0) is 17.3. The molecule has 1 unspecified atom stereocenters. The molecule has 0 radical (unpaired) electrons. The molecule has 8 N–H and O–H groups in total. The summed E-state index contributed by atoms with van der Waals surface area (Å²) in [5, 5.41) is 76.8. The smallest absolute Gasteiger partial charge is 0.187 e. The summed E-state index contributed by atoms with van der Waals surface area (Å²) in [7, 11) is 0. The van der Waals surface area contributed by atoms with E-state index in [-0.39, 0.29) is 0 Å². The van der Waals surface area contributed by atoms with Crippen molar-refractivity contribution in [3.8, 4) is 0 Å². The summed E-state index contributed by atoms with van der Waals surface area (Å²) in [5.41, 5.74) is 0. The fraction of sp³-hybridized carbons (Fsp3) is 1.00. The van der Waals surface area contributed by atoms with E-state index in [0.717, 1.165) is 0 Å². The van der Waals surface area contributed by atoms with Gasteiger partial charge in [-0.05, 0) is 0 Å². The predicted octanol–water partition coefficient (Wildman–Crippen LogP) is -5.40. The van der Waals surface area contributed by atoms with Crippen molar-refractivity contribution in [1.29, 1.82) is 0 Å². The second-order valence-corrected chi connectivity index (χ2v) is 5.53. The number of hydrogen-bond donors (Lipinski definition) is 8. The third-order valence-electron chi connectivity index (χ3n) is 3.98. The van der Waals surface area contributed by atoms with Crippen LogP contribution in [0.15, 0.2) is 0 Å². The maximum absolute atomic E-state index is 10.00. The van der Waals surface area contributed by atoms with Gasteiger partial charge in [0.05, 0.1) is 13.2 Å². The lowest BCUT2D eigenvalue weighted by Crippen LogP contribution is -2.64. The summed E-state index contributed by atoms with van der Waals surface area (Å²) in [5.74, 6) is 0. The minimum absolute atomic E-state index is 0.667. The first kappa shape index (κ1) is 18.9. The van der Waals surface area contributed by atoms with Gasteiger partial charge in [0.25, 0.3) is 0 Å². The minimum Gasteiger partial charge on any atom is -0.394 e. The van der Waals surface area contributed by atoms with Gasteiger partial charge in [-0.15, -0.1) is 0 Å². The van der Waals surface area contributed by atoms with Gasteiger partial charge in [0.15, 0.2) is 12.6 Å². The third-order valence-corrected chi connectivity index (χ3v) is 3.98. The molecule has 2 heterocycles. The quantitative estimate of drug-likeness (QED) is 0.243. The van der Waals surface area contributed by atoms with E-state index in [2.05, 4.69) is 0 Å². The number of rotatable bonds is 4. The van der Waals surface area contributed by atoms with Gasteiger partial charge in [-0.25, -0.2) is 0 Å². The lowest BCUT2D eigenvalue weighted by Gasteiger charge is -2.45. The Morgan fingerprint density at radius 3 is 1.78 bits per heavy atom. The highest BCUT2D eigenvalue weighted by molar-refractivity contribution is 4.93. The van der Waals surface area contributed by atoms with Gasteiger partial charge in [0, 0.05) is 0 Å². The zero-order valence-corrected chi connectivity index (χ0v) is 12.0. The highest BCUT2D eigenvalue weighted by Crippen LogP contribution is 2.28. The predicted molar refractivity (Wildman–Crippen MR) is 68.6 cm³/mol. The molecule has 0 aliphatic carbocycles. The van der Waals surface area contributed by atoms with Crippen molar-refractivity contribution in [2.24, 2.45) is 0 Å². The fourth-order valence-electron chi connectivity index (χ4n) is 2.56. The summed E-state index contributed by atoms with van der Waals surface area (Å²) < 4.78 is 15.1. The molecule has 2 aliphatic heterocycles. The largest absolute Gasteiger partial charge is 0.394 e. The molecule has 0 bridgehead atoms. The molecule has 2 rings (SSSR count). The van der Waals surface area contributed by atoms with E-state index >= 15 is 0 Å². The van der Waals surface area contributed by atoms with Crippen molar-refractivity contribution in [2.45, 2.75) is 61.4 Å². The first-order valence-electron chi connectivity index (χ1n) is 7.08. The summed E-state index contributed by atoms with van der Waals surface area (Å²) in [6, 6.07) is 0. The summed E-state index contributed by atoms with van der Waals surface area (Å²) in [6.45, 7) is -1.34. The zero-order valence-electron chi connectivity index (χ0n) is 12.0. The normalized spacial score (nSPS) is 51.7. The second kappa shape index (κ2) is 7.63. The van der Waals surface area contributed by atoms with E-state index in [9.17, 15) is 30.6 Å². The molecule has 2 fully saturated rings. The molecule has 0 aromatic rings. The molecule has 10 atom stereocenters. The third kappa shape index (κ3) is 3.65. The number of hydrogen-bond acceptors (Lipinski definition) is 11. The molecule has 0 saturated carbocycles. The molecule has 23 heavy (non-hydrogen) atoms. The van der Waals surface area contributed by atoms with Gasteiger partial charge in [-0.2, -0.15) is 0 Å². The molecule has 0 aromatic heterocycles. The van der Waals surface area contributed by atoms with E-state index < -0.39 is 74.6 Å². The Balaban J connectivity index is 2.11. The molecule has 136 valence electrons. The van der Waals surface area contributed by atoms with E-state index in [1.807, 2.05) is 0 Å². The van der Waals surface area contributed by atoms with E-state index in [0.29, 0.717) is 0 Å². The summed E-state index contributed by atoms with van der Waals surface area (Å²) in [6.07, 6.45) is -15.7. The Hall–Kier alpha value is -0.440. The van der Waals surface area contributed by atoms with Crippen molar-refractivity contribution >= 4 is 0 Å². The number of aliphatic hydroxyl groups excluding tert-OH is 8. The Labute approximate surface area is 130 Å². The molecule has 2 aliphatic rings. The molecule has 2 saturated heterocycles. The van der Waals surface area contributed by atoms with Gasteiger partial charge in [0.2, 0.25) is 0 Å². The summed E-state index contributed by atoms with van der Waals surface area (Å²) in [4.78, 5) is 0. The Morgan fingerprint density at radius 1 is 0.652 bits per heavy atom. The summed E-state index contributed by atoms with van der Waals surface area (Å²) >= 11 is 0. The van der Waals surface area contributed by atoms with Gasteiger partial charge < -0.3 is 55.1 Å². The number of aliphatic hydroxyl groups is 8. The van der Waals surface area contributed by atoms with Crippen LogP contribution in [-0.2, 0) is 14.2 Å². The Morgan fingerprint density at radius 2 is 1.22 bits per heavy atom. The standard InChI is InChI=1S/C12H22O11/c13-1-3-5(15)7(17)8(18)12(22-3)23-10-6(16)4(2-14)21-11(20)9(10)19/h3-20H,1-2H2/t3-,4-,5-,6-,7+,8+,9+,10+,11?,12+/m1/s1. The van der Waals surface area contributed by atoms with Crippen molar-refractivity contribution in [3.63, 3.8) is 0 Å². The molecular weight excluding hydrogens is 320 g/mol. The van der Waals surface area contributed by atoms with E-state index in [1.165, 1.54) is 0 Å². The highest BCUT2D eigenvalue weighted by Gasteiger charge is 2.50. The second-order valence-electron chi connectivity index (χ2n) is 5.53. The Bertz CT molecular complexity index is 380. The van der Waals surface area contributed by atoms with Crippen LogP contribution in [0.3, 0.4) is 0 Å². The topological polar surface area (TPSA) is 190 Å². The van der Waals surface area contributed by atoms with Gasteiger partial charge >= 0.3 is 0 Å². The minimum atomic E-state index is -1.76. The van der Waals surface area contributed by atoms with Crippen LogP contribution >= 0.6 is 0 Å². The Kier molecular flexibility index (Phi) is 6.27. The number of ether oxygens (including phenoxy) is 3. The molecule has 11 heteroatoms. The molecule has 0 aromatic carbocycles. The highest BCUT2D eigenvalue weighted by atomic mass is 16.7. The monoisotopic (exact) mass is 342 g/mol. The van der Waals surface area contributed by atoms with Crippen LogP contribution < -0.4 is 0 Å². The fourth-order valence-corrected chi connectivity index (χ4v) is 2.56. The maximum atomic E-state index is 10.00. The van der Waals surface area contributed by atoms with Crippen LogP contribution in [0.2, 0.25) is 0 Å². The van der Waals surface area contributed by atoms with Crippen LogP contribution in [0.5, 0.6) is 0 Å². The average molecular weight is 342 g/mol. The molecule has 0 spiro atoms. The van der Waals surface area contributed by atoms with Gasteiger partial charge in [0.1, 0.15) is 48.8 Å². The van der Waals surface area contributed by atoms with E-state index in [1.54, 1.807) is 0 Å². The SMILES string of the molecule is OC[C@H]1O[C@@H](O[C@H]2[C@H](O)[C@@H](CO)OC(O)[C@H]2O)[C@@H](O)[C@@H](O)[C@@H]1O.